The lowest BCUT2D eigenvalue weighted by atomic mass is 9.98. The smallest absolute Gasteiger partial charge is 0.264 e. The number of carbonyl (C=O) groups excluding carboxylic acids is 1. The van der Waals surface area contributed by atoms with Gasteiger partial charge in [-0.05, 0) is 25.2 Å². The molecule has 0 saturated carbocycles. The first-order valence-corrected chi connectivity index (χ1v) is 8.87. The first-order valence-electron chi connectivity index (χ1n) is 8.46. The number of para-hydroxylation sites is 1. The zero-order valence-electron chi connectivity index (χ0n) is 15.2. The highest BCUT2D eigenvalue weighted by Gasteiger charge is 2.35. The Balaban J connectivity index is 2.10. The molecule has 2 heterocycles. The maximum absolute atomic E-state index is 12.4. The number of carbonyl (C=O) groups is 1. The van der Waals surface area contributed by atoms with Crippen molar-refractivity contribution in [2.24, 2.45) is 12.1 Å². The van der Waals surface area contributed by atoms with Gasteiger partial charge >= 0.3 is 0 Å². The Morgan fingerprint density at radius 3 is 2.81 bits per heavy atom. The van der Waals surface area contributed by atoms with E-state index < -0.39 is 11.6 Å². The van der Waals surface area contributed by atoms with E-state index in [1.165, 1.54) is 23.5 Å². The van der Waals surface area contributed by atoms with E-state index in [4.69, 9.17) is 17.0 Å². The topological polar surface area (TPSA) is 99.9 Å². The lowest BCUT2D eigenvalue weighted by Crippen LogP contribution is -2.24. The van der Waals surface area contributed by atoms with Crippen LogP contribution in [0.15, 0.2) is 34.2 Å². The Hall–Kier alpha value is -2.94. The summed E-state index contributed by atoms with van der Waals surface area (Å²) in [5.41, 5.74) is 0.560. The molecule has 142 valence electrons. The van der Waals surface area contributed by atoms with Crippen LogP contribution in [0.3, 0.4) is 0 Å². The molecule has 8 nitrogen and oxygen atoms in total. The van der Waals surface area contributed by atoms with Gasteiger partial charge in [-0.1, -0.05) is 18.2 Å². The molecule has 0 aliphatic carbocycles. The molecular formula is C18H20N4O4S. The molecule has 0 radical (unpaired) electrons. The second-order valence-corrected chi connectivity index (χ2v) is 6.50. The Morgan fingerprint density at radius 1 is 1.44 bits per heavy atom. The van der Waals surface area contributed by atoms with E-state index in [1.54, 1.807) is 0 Å². The van der Waals surface area contributed by atoms with Gasteiger partial charge in [-0.25, -0.2) is 5.01 Å². The molecule has 0 bridgehead atoms. The van der Waals surface area contributed by atoms with E-state index in [-0.39, 0.29) is 28.5 Å². The first-order chi connectivity index (χ1) is 12.8. The molecule has 1 aliphatic rings. The molecule has 1 amide bonds. The van der Waals surface area contributed by atoms with Gasteiger partial charge in [0.1, 0.15) is 11.3 Å². The van der Waals surface area contributed by atoms with Crippen molar-refractivity contribution in [1.29, 1.82) is 0 Å². The van der Waals surface area contributed by atoms with Gasteiger partial charge in [0, 0.05) is 26.0 Å². The van der Waals surface area contributed by atoms with Crippen LogP contribution in [-0.4, -0.2) is 37.9 Å². The standard InChI is InChI=1S/C18H20N4O4S/c1-4-26-14-8-6-5-7-11(14)13-9-12(20-22(13)10(2)23)15-16(24)19-18(27)21(3)17(15)25/h5-8,13,25H,4,9H2,1-3H3,(H,19,24,27)/t13-/m1/s1. The molecule has 1 aliphatic heterocycles. The van der Waals surface area contributed by atoms with Crippen LogP contribution in [0.4, 0.5) is 0 Å². The van der Waals surface area contributed by atoms with Gasteiger partial charge in [0.15, 0.2) is 4.77 Å². The summed E-state index contributed by atoms with van der Waals surface area (Å²) in [4.78, 5) is 27.1. The SMILES string of the molecule is CCOc1ccccc1[C@H]1CC(c2c(O)n(C)c(=S)[nH]c2=O)=NN1C(C)=O. The molecule has 27 heavy (non-hydrogen) atoms. The number of hydrogen-bond acceptors (Lipinski definition) is 6. The zero-order chi connectivity index (χ0) is 19.7. The molecular weight excluding hydrogens is 368 g/mol. The second kappa shape index (κ2) is 7.36. The minimum Gasteiger partial charge on any atom is -0.494 e. The van der Waals surface area contributed by atoms with Crippen LogP contribution in [-0.2, 0) is 11.8 Å². The summed E-state index contributed by atoms with van der Waals surface area (Å²) >= 11 is 5.00. The van der Waals surface area contributed by atoms with Crippen molar-refractivity contribution in [3.8, 4) is 11.6 Å². The van der Waals surface area contributed by atoms with Gasteiger partial charge in [-0.3, -0.25) is 19.1 Å². The number of H-pyrrole nitrogens is 1. The number of nitrogens with one attached hydrogen (secondary N) is 1. The number of rotatable bonds is 4. The third kappa shape index (κ3) is 3.37. The third-order valence-corrected chi connectivity index (χ3v) is 4.77. The predicted molar refractivity (Wildman–Crippen MR) is 103 cm³/mol. The molecule has 0 fully saturated rings. The number of hydrazone groups is 1. The molecule has 0 spiro atoms. The van der Waals surface area contributed by atoms with Gasteiger partial charge < -0.3 is 9.84 Å². The summed E-state index contributed by atoms with van der Waals surface area (Å²) in [6.07, 6.45) is 0.261. The molecule has 1 aromatic carbocycles. The minimum atomic E-state index is -0.545. The highest BCUT2D eigenvalue weighted by atomic mass is 32.1. The lowest BCUT2D eigenvalue weighted by Gasteiger charge is -2.22. The van der Waals surface area contributed by atoms with Crippen molar-refractivity contribution in [1.82, 2.24) is 14.6 Å². The predicted octanol–water partition coefficient (Wildman–Crippen LogP) is 2.24. The molecule has 0 unspecified atom stereocenters. The van der Waals surface area contributed by atoms with E-state index in [9.17, 15) is 14.7 Å². The van der Waals surface area contributed by atoms with Crippen molar-refractivity contribution in [2.75, 3.05) is 6.61 Å². The van der Waals surface area contributed by atoms with Crippen molar-refractivity contribution in [3.05, 3.63) is 50.5 Å². The van der Waals surface area contributed by atoms with Crippen LogP contribution >= 0.6 is 12.2 Å². The van der Waals surface area contributed by atoms with Crippen molar-refractivity contribution in [3.63, 3.8) is 0 Å². The molecule has 1 atom stereocenters. The highest BCUT2D eigenvalue weighted by Crippen LogP contribution is 2.37. The summed E-state index contributed by atoms with van der Waals surface area (Å²) < 4.78 is 7.06. The average Bonchev–Trinajstić information content (AvgIpc) is 3.05. The fraction of sp³-hybridized carbons (Fsp3) is 0.333. The zero-order valence-corrected chi connectivity index (χ0v) is 16.0. The normalized spacial score (nSPS) is 16.3. The Kier molecular flexibility index (Phi) is 5.13. The van der Waals surface area contributed by atoms with Crippen molar-refractivity contribution in [2.45, 2.75) is 26.3 Å². The maximum atomic E-state index is 12.4. The quantitative estimate of drug-likeness (QED) is 0.783. The van der Waals surface area contributed by atoms with E-state index >= 15 is 0 Å². The number of aromatic hydroxyl groups is 1. The Labute approximate surface area is 160 Å². The number of hydrogen-bond donors (Lipinski definition) is 2. The van der Waals surface area contributed by atoms with Crippen LogP contribution in [0, 0.1) is 4.77 Å². The van der Waals surface area contributed by atoms with Gasteiger partial charge in [-0.15, -0.1) is 0 Å². The van der Waals surface area contributed by atoms with Crippen LogP contribution in [0.25, 0.3) is 0 Å². The summed E-state index contributed by atoms with van der Waals surface area (Å²) in [6.45, 7) is 3.76. The fourth-order valence-corrected chi connectivity index (χ4v) is 3.28. The average molecular weight is 388 g/mol. The molecule has 1 aromatic heterocycles. The van der Waals surface area contributed by atoms with Crippen LogP contribution in [0.1, 0.15) is 37.4 Å². The second-order valence-electron chi connectivity index (χ2n) is 6.12. The number of nitrogens with zero attached hydrogens (tertiary/aromatic N) is 3. The number of benzene rings is 1. The molecule has 2 N–H and O–H groups in total. The van der Waals surface area contributed by atoms with E-state index in [0.717, 1.165) is 5.56 Å². The van der Waals surface area contributed by atoms with Crippen molar-refractivity contribution < 1.29 is 14.6 Å². The fourth-order valence-electron chi connectivity index (χ4n) is 3.11. The summed E-state index contributed by atoms with van der Waals surface area (Å²) in [7, 11) is 1.54. The maximum Gasteiger partial charge on any atom is 0.264 e. The van der Waals surface area contributed by atoms with E-state index in [0.29, 0.717) is 18.1 Å². The third-order valence-electron chi connectivity index (χ3n) is 4.39. The summed E-state index contributed by atoms with van der Waals surface area (Å²) in [5, 5.41) is 16.0. The number of amides is 1. The molecule has 3 rings (SSSR count). The number of aromatic amines is 1. The van der Waals surface area contributed by atoms with E-state index in [1.807, 2.05) is 31.2 Å². The van der Waals surface area contributed by atoms with Crippen molar-refractivity contribution >= 4 is 23.8 Å². The molecule has 0 saturated heterocycles. The van der Waals surface area contributed by atoms with E-state index in [2.05, 4.69) is 10.1 Å². The van der Waals surface area contributed by atoms with Gasteiger partial charge in [0.05, 0.1) is 18.4 Å². The van der Waals surface area contributed by atoms with Crippen LogP contribution < -0.4 is 10.3 Å². The van der Waals surface area contributed by atoms with Gasteiger partial charge in [-0.2, -0.15) is 5.10 Å². The van der Waals surface area contributed by atoms with Gasteiger partial charge in [0.25, 0.3) is 5.56 Å². The molecule has 2 aromatic rings. The first kappa shape index (κ1) is 18.8. The van der Waals surface area contributed by atoms with Crippen LogP contribution in [0.5, 0.6) is 11.6 Å². The lowest BCUT2D eigenvalue weighted by molar-refractivity contribution is -0.130. The molecule has 9 heteroatoms. The minimum absolute atomic E-state index is 0.00809. The summed E-state index contributed by atoms with van der Waals surface area (Å²) in [5.74, 6) is 0.0866. The Morgan fingerprint density at radius 2 is 2.15 bits per heavy atom. The van der Waals surface area contributed by atoms with Crippen LogP contribution in [0.2, 0.25) is 0 Å². The highest BCUT2D eigenvalue weighted by molar-refractivity contribution is 7.71. The Bertz CT molecular complexity index is 1040. The largest absolute Gasteiger partial charge is 0.494 e. The monoisotopic (exact) mass is 388 g/mol. The number of ether oxygens (including phenoxy) is 1. The summed E-state index contributed by atoms with van der Waals surface area (Å²) in [6, 6.07) is 6.95. The number of aromatic nitrogens is 2. The van der Waals surface area contributed by atoms with Gasteiger partial charge in [0.2, 0.25) is 11.8 Å².